The van der Waals surface area contributed by atoms with Gasteiger partial charge in [-0.15, -0.1) is 11.3 Å². The average molecular weight is 232 g/mol. The molecule has 3 rings (SSSR count). The second-order valence-corrected chi connectivity index (χ2v) is 5.22. The lowest BCUT2D eigenvalue weighted by atomic mass is 10.1. The lowest BCUT2D eigenvalue weighted by Crippen LogP contribution is -1.83. The molecule has 2 nitrogen and oxygen atoms in total. The van der Waals surface area contributed by atoms with E-state index in [0.29, 0.717) is 0 Å². The first-order valence-corrected chi connectivity index (χ1v) is 6.19. The zero-order valence-electron chi connectivity index (χ0n) is 7.81. The minimum absolute atomic E-state index is 0.788. The molecule has 0 aliphatic rings. The van der Waals surface area contributed by atoms with Crippen molar-refractivity contribution in [2.24, 2.45) is 0 Å². The van der Waals surface area contributed by atoms with E-state index in [-0.39, 0.29) is 0 Å². The molecule has 0 amide bonds. The Morgan fingerprint density at radius 2 is 1.87 bits per heavy atom. The standard InChI is InChI=1S/C11H8N2S2/c12-8-3-1-7(2-4-8)10-9-5-6-14-11(9)15-13-10/h1-6H,12H2. The van der Waals surface area contributed by atoms with Gasteiger partial charge in [0.15, 0.2) is 0 Å². The monoisotopic (exact) mass is 232 g/mol. The largest absolute Gasteiger partial charge is 0.399 e. The number of anilines is 1. The smallest absolute Gasteiger partial charge is 0.108 e. The number of thiophene rings is 1. The Balaban J connectivity index is 2.21. The van der Waals surface area contributed by atoms with Gasteiger partial charge < -0.3 is 5.73 Å². The van der Waals surface area contributed by atoms with E-state index >= 15 is 0 Å². The number of benzene rings is 1. The van der Waals surface area contributed by atoms with Gasteiger partial charge in [0, 0.05) is 16.6 Å². The van der Waals surface area contributed by atoms with Crippen LogP contribution >= 0.6 is 22.9 Å². The molecule has 0 aliphatic carbocycles. The van der Waals surface area contributed by atoms with E-state index in [2.05, 4.69) is 15.8 Å². The predicted molar refractivity (Wildman–Crippen MR) is 67.3 cm³/mol. The van der Waals surface area contributed by atoms with Crippen molar-refractivity contribution < 1.29 is 0 Å². The fraction of sp³-hybridized carbons (Fsp3) is 0. The Kier molecular flexibility index (Phi) is 1.97. The molecule has 74 valence electrons. The first-order chi connectivity index (χ1) is 7.34. The number of nitrogen functional groups attached to an aromatic ring is 1. The molecule has 0 saturated heterocycles. The van der Waals surface area contributed by atoms with Crippen LogP contribution in [0.5, 0.6) is 0 Å². The molecule has 2 N–H and O–H groups in total. The van der Waals surface area contributed by atoms with Crippen LogP contribution in [0.4, 0.5) is 5.69 Å². The summed E-state index contributed by atoms with van der Waals surface area (Å²) in [5.74, 6) is 0. The molecular weight excluding hydrogens is 224 g/mol. The summed E-state index contributed by atoms with van der Waals surface area (Å²) in [7, 11) is 0. The summed E-state index contributed by atoms with van der Waals surface area (Å²) in [5, 5.41) is 3.35. The zero-order valence-corrected chi connectivity index (χ0v) is 9.44. The lowest BCUT2D eigenvalue weighted by Gasteiger charge is -1.97. The molecule has 0 radical (unpaired) electrons. The van der Waals surface area contributed by atoms with Gasteiger partial charge in [0.25, 0.3) is 0 Å². The summed E-state index contributed by atoms with van der Waals surface area (Å²) < 4.78 is 5.75. The fourth-order valence-corrected chi connectivity index (χ4v) is 3.24. The van der Waals surface area contributed by atoms with Crippen molar-refractivity contribution in [2.75, 3.05) is 5.73 Å². The lowest BCUT2D eigenvalue weighted by molar-refractivity contribution is 1.54. The maximum absolute atomic E-state index is 5.66. The molecule has 2 heterocycles. The molecule has 4 heteroatoms. The number of hydrogen-bond acceptors (Lipinski definition) is 4. The van der Waals surface area contributed by atoms with Gasteiger partial charge in [-0.05, 0) is 35.1 Å². The Hall–Kier alpha value is -1.39. The number of hydrogen-bond donors (Lipinski definition) is 1. The SMILES string of the molecule is Nc1ccc(-c2nsc3sccc23)cc1. The van der Waals surface area contributed by atoms with Crippen LogP contribution in [0.15, 0.2) is 35.7 Å². The van der Waals surface area contributed by atoms with Crippen molar-refractivity contribution in [1.29, 1.82) is 0 Å². The molecule has 0 unspecified atom stereocenters. The quantitative estimate of drug-likeness (QED) is 0.651. The Morgan fingerprint density at radius 1 is 1.07 bits per heavy atom. The number of rotatable bonds is 1. The number of nitrogens with zero attached hydrogens (tertiary/aromatic N) is 1. The summed E-state index contributed by atoms with van der Waals surface area (Å²) in [6.45, 7) is 0. The Bertz CT molecular complexity index is 592. The average Bonchev–Trinajstić information content (AvgIpc) is 2.80. The maximum Gasteiger partial charge on any atom is 0.108 e. The van der Waals surface area contributed by atoms with Gasteiger partial charge in [0.2, 0.25) is 0 Å². The van der Waals surface area contributed by atoms with Crippen LogP contribution in [0.2, 0.25) is 0 Å². The van der Waals surface area contributed by atoms with E-state index in [1.807, 2.05) is 24.3 Å². The summed E-state index contributed by atoms with van der Waals surface area (Å²) in [5.41, 5.74) is 8.64. The van der Waals surface area contributed by atoms with E-state index in [1.54, 1.807) is 22.9 Å². The summed E-state index contributed by atoms with van der Waals surface area (Å²) in [4.78, 5) is 0. The van der Waals surface area contributed by atoms with Crippen molar-refractivity contribution in [3.05, 3.63) is 35.7 Å². The molecule has 0 saturated carbocycles. The molecule has 1 aromatic carbocycles. The molecule has 0 atom stereocenters. The normalized spacial score (nSPS) is 10.9. The number of aromatic nitrogens is 1. The molecular formula is C11H8N2S2. The van der Waals surface area contributed by atoms with Gasteiger partial charge in [-0.1, -0.05) is 12.1 Å². The minimum atomic E-state index is 0.788. The van der Waals surface area contributed by atoms with Gasteiger partial charge in [0.1, 0.15) is 4.01 Å². The maximum atomic E-state index is 5.66. The van der Waals surface area contributed by atoms with Gasteiger partial charge in [-0.3, -0.25) is 0 Å². The minimum Gasteiger partial charge on any atom is -0.399 e. The number of fused-ring (bicyclic) bond motifs is 1. The predicted octanol–water partition coefficient (Wildman–Crippen LogP) is 3.61. The van der Waals surface area contributed by atoms with E-state index in [1.165, 1.54) is 9.40 Å². The summed E-state index contributed by atoms with van der Waals surface area (Å²) >= 11 is 3.29. The highest BCUT2D eigenvalue weighted by atomic mass is 32.2. The van der Waals surface area contributed by atoms with Gasteiger partial charge >= 0.3 is 0 Å². The number of nitrogens with two attached hydrogens (primary N) is 1. The molecule has 0 spiro atoms. The first-order valence-electron chi connectivity index (χ1n) is 4.53. The van der Waals surface area contributed by atoms with E-state index in [9.17, 15) is 0 Å². The summed E-state index contributed by atoms with van der Waals surface area (Å²) in [6.07, 6.45) is 0. The zero-order chi connectivity index (χ0) is 10.3. The molecule has 3 aromatic rings. The molecule has 0 bridgehead atoms. The van der Waals surface area contributed by atoms with Crippen LogP contribution in [-0.4, -0.2) is 4.37 Å². The van der Waals surface area contributed by atoms with Crippen molar-refractivity contribution in [3.8, 4) is 11.3 Å². The summed E-state index contributed by atoms with van der Waals surface area (Å²) in [6, 6.07) is 9.97. The van der Waals surface area contributed by atoms with E-state index in [0.717, 1.165) is 16.9 Å². The Morgan fingerprint density at radius 3 is 2.67 bits per heavy atom. The topological polar surface area (TPSA) is 38.9 Å². The van der Waals surface area contributed by atoms with Gasteiger partial charge in [-0.2, -0.15) is 4.37 Å². The molecule has 2 aromatic heterocycles. The third-order valence-electron chi connectivity index (χ3n) is 2.29. The van der Waals surface area contributed by atoms with Crippen LogP contribution in [0, 0.1) is 0 Å². The highest BCUT2D eigenvalue weighted by Crippen LogP contribution is 2.34. The van der Waals surface area contributed by atoms with Crippen LogP contribution in [0.3, 0.4) is 0 Å². The molecule has 0 fully saturated rings. The van der Waals surface area contributed by atoms with Gasteiger partial charge in [0.05, 0.1) is 5.69 Å². The second-order valence-electron chi connectivity index (χ2n) is 3.27. The van der Waals surface area contributed by atoms with Crippen LogP contribution in [0.25, 0.3) is 20.7 Å². The third kappa shape index (κ3) is 1.42. The van der Waals surface area contributed by atoms with Crippen molar-refractivity contribution in [3.63, 3.8) is 0 Å². The van der Waals surface area contributed by atoms with Crippen LogP contribution in [-0.2, 0) is 0 Å². The highest BCUT2D eigenvalue weighted by Gasteiger charge is 2.08. The van der Waals surface area contributed by atoms with Crippen molar-refractivity contribution in [2.45, 2.75) is 0 Å². The van der Waals surface area contributed by atoms with E-state index < -0.39 is 0 Å². The molecule has 0 aliphatic heterocycles. The van der Waals surface area contributed by atoms with Crippen molar-refractivity contribution in [1.82, 2.24) is 4.37 Å². The van der Waals surface area contributed by atoms with Crippen LogP contribution < -0.4 is 5.73 Å². The van der Waals surface area contributed by atoms with Gasteiger partial charge in [-0.25, -0.2) is 0 Å². The molecule has 15 heavy (non-hydrogen) atoms. The highest BCUT2D eigenvalue weighted by molar-refractivity contribution is 7.35. The first kappa shape index (κ1) is 8.88. The van der Waals surface area contributed by atoms with Crippen molar-refractivity contribution >= 4 is 38.0 Å². The second kappa shape index (κ2) is 3.32. The fourth-order valence-electron chi connectivity index (χ4n) is 1.53. The Labute approximate surface area is 95.2 Å². The third-order valence-corrected chi connectivity index (χ3v) is 4.17. The van der Waals surface area contributed by atoms with Crippen LogP contribution in [0.1, 0.15) is 0 Å². The van der Waals surface area contributed by atoms with E-state index in [4.69, 9.17) is 5.73 Å².